The molecule has 1 aliphatic heterocycles. The van der Waals surface area contributed by atoms with Crippen molar-refractivity contribution in [2.45, 2.75) is 6.92 Å². The van der Waals surface area contributed by atoms with Gasteiger partial charge in [0.15, 0.2) is 0 Å². The van der Waals surface area contributed by atoms with Crippen LogP contribution in [0.3, 0.4) is 0 Å². The second kappa shape index (κ2) is 7.96. The van der Waals surface area contributed by atoms with Crippen molar-refractivity contribution in [3.63, 3.8) is 0 Å². The Kier molecular flexibility index (Phi) is 5.96. The van der Waals surface area contributed by atoms with Crippen LogP contribution in [0.2, 0.25) is 0 Å². The molecule has 0 spiro atoms. The highest BCUT2D eigenvalue weighted by molar-refractivity contribution is 5.77. The Bertz CT molecular complexity index is 477. The van der Waals surface area contributed by atoms with Gasteiger partial charge in [-0.15, -0.1) is 0 Å². The summed E-state index contributed by atoms with van der Waals surface area (Å²) in [5, 5.41) is 0. The van der Waals surface area contributed by atoms with Crippen molar-refractivity contribution in [1.29, 1.82) is 0 Å². The normalized spacial score (nSPS) is 17.0. The standard InChI is InChI=1S/C17H24N2O2/c1-15(12-16-6-4-3-5-7-16)13-18-8-10-19(11-9-18)17(20)14-21-2/h3-7,12H,8-11,13-14H2,1-2H3. The van der Waals surface area contributed by atoms with Crippen molar-refractivity contribution in [3.8, 4) is 0 Å². The van der Waals surface area contributed by atoms with Crippen LogP contribution in [0.25, 0.3) is 6.08 Å². The summed E-state index contributed by atoms with van der Waals surface area (Å²) in [6, 6.07) is 10.4. The van der Waals surface area contributed by atoms with Crippen molar-refractivity contribution in [2.24, 2.45) is 0 Å². The molecule has 0 bridgehead atoms. The molecule has 0 unspecified atom stereocenters. The van der Waals surface area contributed by atoms with Gasteiger partial charge in [-0.2, -0.15) is 0 Å². The summed E-state index contributed by atoms with van der Waals surface area (Å²) in [7, 11) is 1.56. The first-order valence-corrected chi connectivity index (χ1v) is 7.40. The lowest BCUT2D eigenvalue weighted by Gasteiger charge is -2.34. The molecule has 0 aliphatic carbocycles. The average Bonchev–Trinajstić information content (AvgIpc) is 2.49. The maximum atomic E-state index is 11.7. The molecule has 1 heterocycles. The van der Waals surface area contributed by atoms with E-state index in [9.17, 15) is 4.79 Å². The van der Waals surface area contributed by atoms with Gasteiger partial charge in [0.2, 0.25) is 5.91 Å². The van der Waals surface area contributed by atoms with E-state index in [1.165, 1.54) is 11.1 Å². The predicted octanol–water partition coefficient (Wildman–Crippen LogP) is 1.88. The molecule has 0 aromatic heterocycles. The molecule has 4 nitrogen and oxygen atoms in total. The molecule has 1 amide bonds. The molecule has 1 fully saturated rings. The van der Waals surface area contributed by atoms with Crippen LogP contribution in [0.4, 0.5) is 0 Å². The average molecular weight is 288 g/mol. The first-order valence-electron chi connectivity index (χ1n) is 7.40. The monoisotopic (exact) mass is 288 g/mol. The van der Waals surface area contributed by atoms with Gasteiger partial charge in [-0.3, -0.25) is 9.69 Å². The first kappa shape index (κ1) is 15.7. The SMILES string of the molecule is COCC(=O)N1CCN(CC(C)=Cc2ccccc2)CC1. The molecular weight excluding hydrogens is 264 g/mol. The van der Waals surface area contributed by atoms with Crippen LogP contribution < -0.4 is 0 Å². The summed E-state index contributed by atoms with van der Waals surface area (Å²) in [5.41, 5.74) is 2.58. The fraction of sp³-hybridized carbons (Fsp3) is 0.471. The van der Waals surface area contributed by atoms with E-state index in [0.29, 0.717) is 0 Å². The number of carbonyl (C=O) groups is 1. The van der Waals surface area contributed by atoms with Crippen LogP contribution in [0.15, 0.2) is 35.9 Å². The third-order valence-electron chi connectivity index (χ3n) is 3.68. The van der Waals surface area contributed by atoms with Crippen LogP contribution in [-0.2, 0) is 9.53 Å². The van der Waals surface area contributed by atoms with Crippen LogP contribution in [-0.4, -0.2) is 62.1 Å². The number of hydrogen-bond donors (Lipinski definition) is 0. The number of ether oxygens (including phenoxy) is 1. The topological polar surface area (TPSA) is 32.8 Å². The molecule has 0 radical (unpaired) electrons. The van der Waals surface area contributed by atoms with Gasteiger partial charge in [0.1, 0.15) is 6.61 Å². The second-order valence-corrected chi connectivity index (χ2v) is 5.49. The first-order chi connectivity index (χ1) is 10.2. The number of carbonyl (C=O) groups excluding carboxylic acids is 1. The van der Waals surface area contributed by atoms with Gasteiger partial charge in [-0.1, -0.05) is 42.0 Å². The van der Waals surface area contributed by atoms with Crippen LogP contribution >= 0.6 is 0 Å². The second-order valence-electron chi connectivity index (χ2n) is 5.49. The Morgan fingerprint density at radius 1 is 1.19 bits per heavy atom. The molecule has 0 saturated carbocycles. The third kappa shape index (κ3) is 4.99. The zero-order valence-corrected chi connectivity index (χ0v) is 12.9. The number of hydrogen-bond acceptors (Lipinski definition) is 3. The smallest absolute Gasteiger partial charge is 0.248 e. The lowest BCUT2D eigenvalue weighted by atomic mass is 10.1. The molecule has 0 N–H and O–H groups in total. The highest BCUT2D eigenvalue weighted by Gasteiger charge is 2.20. The minimum absolute atomic E-state index is 0.0914. The Morgan fingerprint density at radius 2 is 1.86 bits per heavy atom. The highest BCUT2D eigenvalue weighted by atomic mass is 16.5. The van der Waals surface area contributed by atoms with Gasteiger partial charge in [-0.05, 0) is 12.5 Å². The third-order valence-corrected chi connectivity index (χ3v) is 3.68. The molecule has 4 heteroatoms. The lowest BCUT2D eigenvalue weighted by Crippen LogP contribution is -2.49. The van der Waals surface area contributed by atoms with Gasteiger partial charge in [-0.25, -0.2) is 0 Å². The van der Waals surface area contributed by atoms with Crippen LogP contribution in [0.1, 0.15) is 12.5 Å². The predicted molar refractivity (Wildman–Crippen MR) is 85.0 cm³/mol. The maximum Gasteiger partial charge on any atom is 0.248 e. The van der Waals surface area contributed by atoms with E-state index in [0.717, 1.165) is 32.7 Å². The fourth-order valence-corrected chi connectivity index (χ4v) is 2.60. The number of piperazine rings is 1. The molecule has 1 aliphatic rings. The van der Waals surface area contributed by atoms with Gasteiger partial charge in [0.25, 0.3) is 0 Å². The molecule has 1 saturated heterocycles. The summed E-state index contributed by atoms with van der Waals surface area (Å²) in [6.07, 6.45) is 2.22. The maximum absolute atomic E-state index is 11.7. The van der Waals surface area contributed by atoms with E-state index < -0.39 is 0 Å². The Balaban J connectivity index is 1.81. The van der Waals surface area contributed by atoms with E-state index in [1.807, 2.05) is 11.0 Å². The number of nitrogens with zero attached hydrogens (tertiary/aromatic N) is 2. The van der Waals surface area contributed by atoms with Gasteiger partial charge in [0.05, 0.1) is 0 Å². The van der Waals surface area contributed by atoms with Crippen LogP contribution in [0, 0.1) is 0 Å². The fourth-order valence-electron chi connectivity index (χ4n) is 2.60. The van der Waals surface area contributed by atoms with Crippen molar-refractivity contribution in [1.82, 2.24) is 9.80 Å². The largest absolute Gasteiger partial charge is 0.375 e. The molecule has 21 heavy (non-hydrogen) atoms. The molecule has 1 aromatic rings. The quantitative estimate of drug-likeness (QED) is 0.829. The Morgan fingerprint density at radius 3 is 2.48 bits per heavy atom. The molecule has 114 valence electrons. The minimum atomic E-state index is 0.0914. The summed E-state index contributed by atoms with van der Waals surface area (Å²) in [4.78, 5) is 16.0. The molecule has 2 rings (SSSR count). The van der Waals surface area contributed by atoms with Gasteiger partial charge in [0, 0.05) is 39.8 Å². The summed E-state index contributed by atoms with van der Waals surface area (Å²) >= 11 is 0. The Labute approximate surface area is 127 Å². The number of benzene rings is 1. The lowest BCUT2D eigenvalue weighted by molar-refractivity contribution is -0.136. The molecule has 0 atom stereocenters. The van der Waals surface area contributed by atoms with E-state index >= 15 is 0 Å². The van der Waals surface area contributed by atoms with Gasteiger partial charge < -0.3 is 9.64 Å². The number of methoxy groups -OCH3 is 1. The van der Waals surface area contributed by atoms with Crippen molar-refractivity contribution < 1.29 is 9.53 Å². The minimum Gasteiger partial charge on any atom is -0.375 e. The molecular formula is C17H24N2O2. The van der Waals surface area contributed by atoms with E-state index in [4.69, 9.17) is 4.74 Å². The number of rotatable bonds is 5. The van der Waals surface area contributed by atoms with Crippen molar-refractivity contribution >= 4 is 12.0 Å². The summed E-state index contributed by atoms with van der Waals surface area (Å²) < 4.78 is 4.90. The van der Waals surface area contributed by atoms with Gasteiger partial charge >= 0.3 is 0 Å². The van der Waals surface area contributed by atoms with E-state index in [1.54, 1.807) is 7.11 Å². The van der Waals surface area contributed by atoms with E-state index in [-0.39, 0.29) is 12.5 Å². The van der Waals surface area contributed by atoms with E-state index in [2.05, 4.69) is 42.2 Å². The van der Waals surface area contributed by atoms with Crippen molar-refractivity contribution in [2.75, 3.05) is 46.4 Å². The Hall–Kier alpha value is -1.65. The van der Waals surface area contributed by atoms with Crippen molar-refractivity contribution in [3.05, 3.63) is 41.5 Å². The highest BCUT2D eigenvalue weighted by Crippen LogP contribution is 2.10. The molecule has 1 aromatic carbocycles. The summed E-state index contributed by atoms with van der Waals surface area (Å²) in [6.45, 7) is 6.75. The zero-order chi connectivity index (χ0) is 15.1. The number of amides is 1. The zero-order valence-electron chi connectivity index (χ0n) is 12.9. The summed E-state index contributed by atoms with van der Waals surface area (Å²) in [5.74, 6) is 0.0914. The van der Waals surface area contributed by atoms with Crippen LogP contribution in [0.5, 0.6) is 0 Å².